The van der Waals surface area contributed by atoms with Crippen LogP contribution in [-0.4, -0.2) is 29.6 Å². The van der Waals surface area contributed by atoms with Gasteiger partial charge in [0, 0.05) is 25.3 Å². The number of amides is 1. The van der Waals surface area contributed by atoms with Crippen molar-refractivity contribution in [2.45, 2.75) is 25.4 Å². The van der Waals surface area contributed by atoms with E-state index in [9.17, 15) is 14.9 Å². The first-order chi connectivity index (χ1) is 9.41. The van der Waals surface area contributed by atoms with Gasteiger partial charge in [0.1, 0.15) is 0 Å². The van der Waals surface area contributed by atoms with Crippen LogP contribution in [0, 0.1) is 10.1 Å². The third-order valence-corrected chi connectivity index (χ3v) is 3.66. The average Bonchev–Trinajstić information content (AvgIpc) is 2.84. The summed E-state index contributed by atoms with van der Waals surface area (Å²) in [5.74, 6) is -0.435. The van der Waals surface area contributed by atoms with Gasteiger partial charge in [0.25, 0.3) is 11.6 Å². The maximum absolute atomic E-state index is 12.1. The number of nitro groups is 1. The largest absolute Gasteiger partial charge is 0.373 e. The van der Waals surface area contributed by atoms with Crippen molar-refractivity contribution in [3.8, 4) is 0 Å². The Hall–Kier alpha value is -1.66. The van der Waals surface area contributed by atoms with E-state index in [4.69, 9.17) is 16.3 Å². The van der Waals surface area contributed by atoms with Gasteiger partial charge >= 0.3 is 0 Å². The SMILES string of the molecule is CC1(CNC(=O)c2cc([N+](=O)[O-])ccc2Cl)CCCO1. The zero-order valence-electron chi connectivity index (χ0n) is 11.0. The Morgan fingerprint density at radius 2 is 2.35 bits per heavy atom. The molecule has 6 nitrogen and oxygen atoms in total. The van der Waals surface area contributed by atoms with E-state index in [0.29, 0.717) is 13.2 Å². The molecule has 1 saturated heterocycles. The van der Waals surface area contributed by atoms with Crippen LogP contribution in [0.4, 0.5) is 5.69 Å². The highest BCUT2D eigenvalue weighted by atomic mass is 35.5. The quantitative estimate of drug-likeness (QED) is 0.684. The van der Waals surface area contributed by atoms with E-state index in [1.165, 1.54) is 18.2 Å². The molecule has 7 heteroatoms. The van der Waals surface area contributed by atoms with Crippen LogP contribution in [0.3, 0.4) is 0 Å². The maximum atomic E-state index is 12.1. The van der Waals surface area contributed by atoms with Gasteiger partial charge in [-0.3, -0.25) is 14.9 Å². The zero-order valence-corrected chi connectivity index (χ0v) is 11.8. The number of hydrogen-bond acceptors (Lipinski definition) is 4. The Bertz CT molecular complexity index is 541. The van der Waals surface area contributed by atoms with E-state index < -0.39 is 10.8 Å². The molecule has 2 rings (SSSR count). The van der Waals surface area contributed by atoms with E-state index in [2.05, 4.69) is 5.32 Å². The predicted octanol–water partition coefficient (Wildman–Crippen LogP) is 2.55. The minimum Gasteiger partial charge on any atom is -0.373 e. The molecular weight excluding hydrogens is 284 g/mol. The number of benzene rings is 1. The zero-order chi connectivity index (χ0) is 14.8. The van der Waals surface area contributed by atoms with Crippen LogP contribution in [-0.2, 0) is 4.74 Å². The van der Waals surface area contributed by atoms with Gasteiger partial charge in [-0.25, -0.2) is 0 Å². The first kappa shape index (κ1) is 14.7. The molecule has 1 aromatic carbocycles. The number of carbonyl (C=O) groups excluding carboxylic acids is 1. The Kier molecular flexibility index (Phi) is 4.25. The molecule has 1 amide bonds. The Morgan fingerprint density at radius 3 is 2.95 bits per heavy atom. The highest BCUT2D eigenvalue weighted by Gasteiger charge is 2.30. The van der Waals surface area contributed by atoms with Crippen molar-refractivity contribution in [2.75, 3.05) is 13.2 Å². The van der Waals surface area contributed by atoms with Crippen LogP contribution in [0.1, 0.15) is 30.1 Å². The van der Waals surface area contributed by atoms with Crippen molar-refractivity contribution in [3.63, 3.8) is 0 Å². The molecule has 1 N–H and O–H groups in total. The lowest BCUT2D eigenvalue weighted by Gasteiger charge is -2.23. The van der Waals surface area contributed by atoms with Gasteiger partial charge in [-0.1, -0.05) is 11.6 Å². The molecule has 1 aliphatic heterocycles. The van der Waals surface area contributed by atoms with E-state index in [1.807, 2.05) is 6.92 Å². The minimum absolute atomic E-state index is 0.0995. The number of halogens is 1. The van der Waals surface area contributed by atoms with Crippen molar-refractivity contribution >= 4 is 23.2 Å². The van der Waals surface area contributed by atoms with E-state index >= 15 is 0 Å². The van der Waals surface area contributed by atoms with Crippen LogP contribution < -0.4 is 5.32 Å². The number of hydrogen-bond donors (Lipinski definition) is 1. The van der Waals surface area contributed by atoms with Gasteiger partial charge in [0.2, 0.25) is 0 Å². The number of nitrogens with zero attached hydrogens (tertiary/aromatic N) is 1. The van der Waals surface area contributed by atoms with E-state index in [1.54, 1.807) is 0 Å². The Balaban J connectivity index is 2.08. The number of non-ortho nitro benzene ring substituents is 1. The molecule has 108 valence electrons. The second-order valence-corrected chi connectivity index (χ2v) is 5.41. The second kappa shape index (κ2) is 5.76. The highest BCUT2D eigenvalue weighted by molar-refractivity contribution is 6.33. The molecule has 1 fully saturated rings. The molecule has 0 bridgehead atoms. The number of nitro benzene ring substituents is 1. The summed E-state index contributed by atoms with van der Waals surface area (Å²) in [7, 11) is 0. The third-order valence-electron chi connectivity index (χ3n) is 3.33. The summed E-state index contributed by atoms with van der Waals surface area (Å²) in [5.41, 5.74) is -0.437. The summed E-state index contributed by atoms with van der Waals surface area (Å²) < 4.78 is 5.56. The van der Waals surface area contributed by atoms with Gasteiger partial charge in [0.05, 0.1) is 21.1 Å². The number of nitrogens with one attached hydrogen (secondary N) is 1. The summed E-state index contributed by atoms with van der Waals surface area (Å²) in [4.78, 5) is 22.2. The highest BCUT2D eigenvalue weighted by Crippen LogP contribution is 2.25. The monoisotopic (exact) mass is 298 g/mol. The van der Waals surface area contributed by atoms with Crippen molar-refractivity contribution in [1.82, 2.24) is 5.32 Å². The molecule has 1 unspecified atom stereocenters. The second-order valence-electron chi connectivity index (χ2n) is 5.01. The fourth-order valence-electron chi connectivity index (χ4n) is 2.14. The van der Waals surface area contributed by atoms with Gasteiger partial charge in [0.15, 0.2) is 0 Å². The summed E-state index contributed by atoms with van der Waals surface area (Å²) in [6.45, 7) is 2.96. The summed E-state index contributed by atoms with van der Waals surface area (Å²) in [5, 5.41) is 13.6. The third kappa shape index (κ3) is 3.26. The average molecular weight is 299 g/mol. The smallest absolute Gasteiger partial charge is 0.270 e. The summed E-state index contributed by atoms with van der Waals surface area (Å²) >= 11 is 5.91. The molecular formula is C13H15ClN2O4. The first-order valence-electron chi connectivity index (χ1n) is 6.27. The molecule has 20 heavy (non-hydrogen) atoms. The fraction of sp³-hybridized carbons (Fsp3) is 0.462. The molecule has 1 aliphatic rings. The summed E-state index contributed by atoms with van der Waals surface area (Å²) in [6.07, 6.45) is 1.83. The van der Waals surface area contributed by atoms with Crippen molar-refractivity contribution in [2.24, 2.45) is 0 Å². The molecule has 0 saturated carbocycles. The number of rotatable bonds is 4. The van der Waals surface area contributed by atoms with Crippen molar-refractivity contribution in [1.29, 1.82) is 0 Å². The van der Waals surface area contributed by atoms with Crippen LogP contribution in [0.2, 0.25) is 5.02 Å². The molecule has 0 aromatic heterocycles. The standard InChI is InChI=1S/C13H15ClN2O4/c1-13(5-2-6-20-13)8-15-12(17)10-7-9(16(18)19)3-4-11(10)14/h3-4,7H,2,5-6,8H2,1H3,(H,15,17). The molecule has 1 aromatic rings. The normalized spacial score (nSPS) is 21.7. The van der Waals surface area contributed by atoms with Gasteiger partial charge < -0.3 is 10.1 Å². The first-order valence-corrected chi connectivity index (χ1v) is 6.65. The van der Waals surface area contributed by atoms with Crippen LogP contribution in [0.25, 0.3) is 0 Å². The van der Waals surface area contributed by atoms with Crippen LogP contribution in [0.15, 0.2) is 18.2 Å². The molecule has 0 spiro atoms. The molecule has 0 radical (unpaired) electrons. The van der Waals surface area contributed by atoms with Crippen molar-refractivity contribution in [3.05, 3.63) is 38.9 Å². The molecule has 1 heterocycles. The fourth-order valence-corrected chi connectivity index (χ4v) is 2.34. The maximum Gasteiger partial charge on any atom is 0.270 e. The van der Waals surface area contributed by atoms with Crippen LogP contribution >= 0.6 is 11.6 Å². The number of ether oxygens (including phenoxy) is 1. The molecule has 0 aliphatic carbocycles. The Labute approximate surface area is 121 Å². The number of carbonyl (C=O) groups is 1. The van der Waals surface area contributed by atoms with Crippen molar-refractivity contribution < 1.29 is 14.5 Å². The minimum atomic E-state index is -0.561. The topological polar surface area (TPSA) is 81.5 Å². The van der Waals surface area contributed by atoms with E-state index in [-0.39, 0.29) is 21.9 Å². The van der Waals surface area contributed by atoms with E-state index in [0.717, 1.165) is 12.8 Å². The van der Waals surface area contributed by atoms with Gasteiger partial charge in [-0.15, -0.1) is 0 Å². The summed E-state index contributed by atoms with van der Waals surface area (Å²) in [6, 6.07) is 3.79. The Morgan fingerprint density at radius 1 is 1.60 bits per heavy atom. The van der Waals surface area contributed by atoms with Crippen LogP contribution in [0.5, 0.6) is 0 Å². The van der Waals surface area contributed by atoms with Gasteiger partial charge in [-0.2, -0.15) is 0 Å². The lowest BCUT2D eigenvalue weighted by Crippen LogP contribution is -2.40. The van der Waals surface area contributed by atoms with Gasteiger partial charge in [-0.05, 0) is 25.8 Å². The predicted molar refractivity (Wildman–Crippen MR) is 74.0 cm³/mol. The molecule has 1 atom stereocenters. The lowest BCUT2D eigenvalue weighted by atomic mass is 10.0. The lowest BCUT2D eigenvalue weighted by molar-refractivity contribution is -0.384.